The average Bonchev–Trinajstić information content (AvgIpc) is 2.75. The Morgan fingerprint density at radius 1 is 1.67 bits per heavy atom. The van der Waals surface area contributed by atoms with Crippen molar-refractivity contribution >= 4 is 23.1 Å². The van der Waals surface area contributed by atoms with Gasteiger partial charge in [0.05, 0.1) is 10.9 Å². The van der Waals surface area contributed by atoms with Gasteiger partial charge in [-0.2, -0.15) is 11.8 Å². The summed E-state index contributed by atoms with van der Waals surface area (Å²) in [6, 6.07) is 0. The zero-order valence-corrected chi connectivity index (χ0v) is 8.88. The molecule has 66 valence electrons. The molecule has 1 aromatic heterocycles. The van der Waals surface area contributed by atoms with Crippen LogP contribution in [0, 0.1) is 0 Å². The van der Waals surface area contributed by atoms with Gasteiger partial charge in [0.25, 0.3) is 0 Å². The number of thioether (sulfide) groups is 1. The smallest absolute Gasteiger partial charge is 0.106 e. The summed E-state index contributed by atoms with van der Waals surface area (Å²) in [5, 5.41) is 4.28. The van der Waals surface area contributed by atoms with E-state index in [2.05, 4.69) is 29.0 Å². The molecule has 1 aliphatic heterocycles. The first kappa shape index (κ1) is 8.57. The van der Waals surface area contributed by atoms with Crippen LogP contribution in [0.25, 0.3) is 0 Å². The molecule has 0 aromatic carbocycles. The summed E-state index contributed by atoms with van der Waals surface area (Å²) >= 11 is 3.91. The Labute approximate surface area is 81.6 Å². The Kier molecular flexibility index (Phi) is 2.71. The summed E-state index contributed by atoms with van der Waals surface area (Å²) in [7, 11) is 0. The molecule has 0 saturated carbocycles. The molecular weight excluding hydrogens is 186 g/mol. The van der Waals surface area contributed by atoms with Crippen LogP contribution in [0.2, 0.25) is 0 Å². The van der Waals surface area contributed by atoms with E-state index in [1.165, 1.54) is 29.3 Å². The van der Waals surface area contributed by atoms with Gasteiger partial charge in [-0.15, -0.1) is 11.3 Å². The van der Waals surface area contributed by atoms with Crippen molar-refractivity contribution in [1.29, 1.82) is 0 Å². The average molecular weight is 199 g/mol. The second-order valence-electron chi connectivity index (χ2n) is 3.03. The van der Waals surface area contributed by atoms with Crippen LogP contribution in [0.3, 0.4) is 0 Å². The van der Waals surface area contributed by atoms with E-state index in [1.54, 1.807) is 0 Å². The SMILES string of the molecule is CCc1csc(C2CCCS2)n1. The van der Waals surface area contributed by atoms with Crippen molar-refractivity contribution < 1.29 is 0 Å². The molecular formula is C9H13NS2. The van der Waals surface area contributed by atoms with Crippen LogP contribution in [0.1, 0.15) is 35.7 Å². The lowest BCUT2D eigenvalue weighted by molar-refractivity contribution is 0.817. The van der Waals surface area contributed by atoms with Crippen molar-refractivity contribution in [2.75, 3.05) is 5.75 Å². The van der Waals surface area contributed by atoms with Gasteiger partial charge < -0.3 is 0 Å². The molecule has 1 fully saturated rings. The highest BCUT2D eigenvalue weighted by Gasteiger charge is 2.20. The standard InChI is InChI=1S/C9H13NS2/c1-2-7-6-12-9(10-7)8-4-3-5-11-8/h6,8H,2-5H2,1H3. The van der Waals surface area contributed by atoms with Gasteiger partial charge in [0.15, 0.2) is 0 Å². The summed E-state index contributed by atoms with van der Waals surface area (Å²) < 4.78 is 0. The first-order valence-electron chi connectivity index (χ1n) is 4.46. The van der Waals surface area contributed by atoms with Crippen LogP contribution < -0.4 is 0 Å². The topological polar surface area (TPSA) is 12.9 Å². The molecule has 1 aromatic rings. The Morgan fingerprint density at radius 2 is 2.58 bits per heavy atom. The number of aryl methyl sites for hydroxylation is 1. The number of hydrogen-bond donors (Lipinski definition) is 0. The first-order chi connectivity index (χ1) is 5.90. The molecule has 1 unspecified atom stereocenters. The van der Waals surface area contributed by atoms with Crippen LogP contribution >= 0.6 is 23.1 Å². The molecule has 1 saturated heterocycles. The van der Waals surface area contributed by atoms with E-state index in [0.717, 1.165) is 11.7 Å². The van der Waals surface area contributed by atoms with Gasteiger partial charge in [-0.05, 0) is 25.0 Å². The summed E-state index contributed by atoms with van der Waals surface area (Å²) in [5.74, 6) is 1.33. The third kappa shape index (κ3) is 1.67. The highest BCUT2D eigenvalue weighted by Crippen LogP contribution is 2.40. The largest absolute Gasteiger partial charge is 0.245 e. The van der Waals surface area contributed by atoms with Gasteiger partial charge in [-0.3, -0.25) is 0 Å². The van der Waals surface area contributed by atoms with Gasteiger partial charge >= 0.3 is 0 Å². The minimum Gasteiger partial charge on any atom is -0.245 e. The molecule has 0 radical (unpaired) electrons. The number of nitrogens with zero attached hydrogens (tertiary/aromatic N) is 1. The van der Waals surface area contributed by atoms with E-state index in [0.29, 0.717) is 0 Å². The minimum absolute atomic E-state index is 0.718. The van der Waals surface area contributed by atoms with Crippen molar-refractivity contribution in [3.8, 4) is 0 Å². The Hall–Kier alpha value is -0.0200. The van der Waals surface area contributed by atoms with E-state index >= 15 is 0 Å². The molecule has 1 nitrogen and oxygen atoms in total. The third-order valence-electron chi connectivity index (χ3n) is 2.14. The van der Waals surface area contributed by atoms with E-state index in [9.17, 15) is 0 Å². The summed E-state index contributed by atoms with van der Waals surface area (Å²) in [6.45, 7) is 2.17. The fraction of sp³-hybridized carbons (Fsp3) is 0.667. The zero-order chi connectivity index (χ0) is 8.39. The van der Waals surface area contributed by atoms with Gasteiger partial charge in [0.2, 0.25) is 0 Å². The summed E-state index contributed by atoms with van der Waals surface area (Å²) in [5.41, 5.74) is 1.27. The van der Waals surface area contributed by atoms with Crippen molar-refractivity contribution in [2.45, 2.75) is 31.4 Å². The Morgan fingerprint density at radius 3 is 3.17 bits per heavy atom. The van der Waals surface area contributed by atoms with E-state index in [-0.39, 0.29) is 0 Å². The minimum atomic E-state index is 0.718. The molecule has 0 amide bonds. The first-order valence-corrected chi connectivity index (χ1v) is 6.39. The van der Waals surface area contributed by atoms with Crippen molar-refractivity contribution in [1.82, 2.24) is 4.98 Å². The maximum atomic E-state index is 4.61. The molecule has 0 N–H and O–H groups in total. The molecule has 12 heavy (non-hydrogen) atoms. The number of thiazole rings is 1. The number of rotatable bonds is 2. The van der Waals surface area contributed by atoms with Crippen LogP contribution in [-0.4, -0.2) is 10.7 Å². The molecule has 0 spiro atoms. The predicted molar refractivity (Wildman–Crippen MR) is 55.9 cm³/mol. The fourth-order valence-corrected chi connectivity index (χ4v) is 3.84. The highest BCUT2D eigenvalue weighted by molar-refractivity contribution is 7.99. The maximum Gasteiger partial charge on any atom is 0.106 e. The number of aromatic nitrogens is 1. The monoisotopic (exact) mass is 199 g/mol. The quantitative estimate of drug-likeness (QED) is 0.725. The predicted octanol–water partition coefficient (Wildman–Crippen LogP) is 3.27. The van der Waals surface area contributed by atoms with Gasteiger partial charge in [0, 0.05) is 5.38 Å². The van der Waals surface area contributed by atoms with Crippen LogP contribution in [0.15, 0.2) is 5.38 Å². The second-order valence-corrected chi connectivity index (χ2v) is 5.23. The lowest BCUT2D eigenvalue weighted by Gasteiger charge is -2.01. The van der Waals surface area contributed by atoms with Crippen molar-refractivity contribution in [3.05, 3.63) is 16.1 Å². The lowest BCUT2D eigenvalue weighted by atomic mass is 10.2. The van der Waals surface area contributed by atoms with Crippen LogP contribution in [-0.2, 0) is 6.42 Å². The molecule has 2 rings (SSSR count). The zero-order valence-electron chi connectivity index (χ0n) is 7.25. The molecule has 1 atom stereocenters. The molecule has 1 aliphatic rings. The van der Waals surface area contributed by atoms with Gasteiger partial charge in [-0.1, -0.05) is 6.92 Å². The number of hydrogen-bond acceptors (Lipinski definition) is 3. The summed E-state index contributed by atoms with van der Waals surface area (Å²) in [4.78, 5) is 4.61. The molecule has 0 bridgehead atoms. The highest BCUT2D eigenvalue weighted by atomic mass is 32.2. The van der Waals surface area contributed by atoms with Crippen molar-refractivity contribution in [2.24, 2.45) is 0 Å². The molecule has 2 heterocycles. The van der Waals surface area contributed by atoms with E-state index in [4.69, 9.17) is 0 Å². The second kappa shape index (κ2) is 3.79. The van der Waals surface area contributed by atoms with Crippen LogP contribution in [0.4, 0.5) is 0 Å². The van der Waals surface area contributed by atoms with Crippen molar-refractivity contribution in [3.63, 3.8) is 0 Å². The maximum absolute atomic E-state index is 4.61. The van der Waals surface area contributed by atoms with Gasteiger partial charge in [-0.25, -0.2) is 4.98 Å². The van der Waals surface area contributed by atoms with E-state index < -0.39 is 0 Å². The Balaban J connectivity index is 2.11. The molecule has 3 heteroatoms. The summed E-state index contributed by atoms with van der Waals surface area (Å²) in [6.07, 6.45) is 3.78. The van der Waals surface area contributed by atoms with E-state index in [1.807, 2.05) is 11.3 Å². The van der Waals surface area contributed by atoms with Gasteiger partial charge in [0.1, 0.15) is 5.01 Å². The molecule has 0 aliphatic carbocycles. The lowest BCUT2D eigenvalue weighted by Crippen LogP contribution is -1.88. The Bertz CT molecular complexity index is 251. The normalized spacial score (nSPS) is 23.2. The fourth-order valence-electron chi connectivity index (χ4n) is 1.41. The third-order valence-corrected chi connectivity index (χ3v) is 4.68. The van der Waals surface area contributed by atoms with Crippen LogP contribution in [0.5, 0.6) is 0 Å².